The second-order valence-electron chi connectivity index (χ2n) is 6.92. The van der Waals surface area contributed by atoms with Crippen LogP contribution in [0.2, 0.25) is 0 Å². The first-order valence-corrected chi connectivity index (χ1v) is 9.01. The van der Waals surface area contributed by atoms with E-state index in [4.69, 9.17) is 9.51 Å². The molecule has 1 amide bonds. The van der Waals surface area contributed by atoms with Crippen LogP contribution in [-0.4, -0.2) is 37.8 Å². The summed E-state index contributed by atoms with van der Waals surface area (Å²) in [6.45, 7) is 4.08. The van der Waals surface area contributed by atoms with Crippen LogP contribution in [0.1, 0.15) is 27.5 Å². The van der Waals surface area contributed by atoms with Gasteiger partial charge in [0.25, 0.3) is 5.91 Å². The van der Waals surface area contributed by atoms with Crippen LogP contribution in [0.15, 0.2) is 47.0 Å². The zero-order valence-corrected chi connectivity index (χ0v) is 16.3. The summed E-state index contributed by atoms with van der Waals surface area (Å²) in [5, 5.41) is 9.23. The molecule has 0 aliphatic heterocycles. The fraction of sp³-hybridized carbons (Fsp3) is 0.238. The molecule has 0 radical (unpaired) electrons. The van der Waals surface area contributed by atoms with E-state index < -0.39 is 0 Å². The maximum atomic E-state index is 13.3. The molecule has 0 unspecified atom stereocenters. The molecular weight excluding hydrogens is 354 g/mol. The summed E-state index contributed by atoms with van der Waals surface area (Å²) >= 11 is 0. The van der Waals surface area contributed by atoms with Crippen molar-refractivity contribution < 1.29 is 9.32 Å². The van der Waals surface area contributed by atoms with Crippen LogP contribution in [0.3, 0.4) is 0 Å². The largest absolute Gasteiger partial charge is 0.361 e. The summed E-state index contributed by atoms with van der Waals surface area (Å²) in [7, 11) is 3.60. The zero-order valence-electron chi connectivity index (χ0n) is 16.3. The molecule has 7 heteroatoms. The van der Waals surface area contributed by atoms with Gasteiger partial charge in [-0.2, -0.15) is 5.10 Å². The lowest BCUT2D eigenvalue weighted by molar-refractivity contribution is 0.0784. The average Bonchev–Trinajstić information content (AvgIpc) is 3.23. The molecule has 0 saturated heterocycles. The van der Waals surface area contributed by atoms with E-state index in [-0.39, 0.29) is 5.91 Å². The van der Waals surface area contributed by atoms with E-state index >= 15 is 0 Å². The highest BCUT2D eigenvalue weighted by atomic mass is 16.5. The molecule has 7 nitrogen and oxygen atoms in total. The van der Waals surface area contributed by atoms with E-state index in [0.29, 0.717) is 23.4 Å². The first-order valence-electron chi connectivity index (χ1n) is 9.01. The van der Waals surface area contributed by atoms with Gasteiger partial charge in [-0.3, -0.25) is 9.48 Å². The number of amides is 1. The number of aryl methyl sites for hydroxylation is 3. The molecule has 1 aromatic carbocycles. The van der Waals surface area contributed by atoms with Crippen molar-refractivity contribution in [3.8, 4) is 11.3 Å². The topological polar surface area (TPSA) is 77.1 Å². The maximum Gasteiger partial charge on any atom is 0.254 e. The smallest absolute Gasteiger partial charge is 0.254 e. The normalized spacial score (nSPS) is 11.1. The van der Waals surface area contributed by atoms with Gasteiger partial charge in [-0.05, 0) is 19.9 Å². The first kappa shape index (κ1) is 17.9. The minimum Gasteiger partial charge on any atom is -0.361 e. The Morgan fingerprint density at radius 3 is 2.61 bits per heavy atom. The molecule has 3 aromatic heterocycles. The number of fused-ring (bicyclic) bond motifs is 1. The molecule has 0 spiro atoms. The highest BCUT2D eigenvalue weighted by molar-refractivity contribution is 6.07. The van der Waals surface area contributed by atoms with Crippen molar-refractivity contribution in [2.45, 2.75) is 20.4 Å². The summed E-state index contributed by atoms with van der Waals surface area (Å²) in [6.07, 6.45) is 0. The van der Waals surface area contributed by atoms with Crippen molar-refractivity contribution in [1.29, 1.82) is 0 Å². The fourth-order valence-electron chi connectivity index (χ4n) is 3.38. The molecule has 0 saturated carbocycles. The van der Waals surface area contributed by atoms with Crippen LogP contribution < -0.4 is 0 Å². The molecule has 0 N–H and O–H groups in total. The molecule has 0 bridgehead atoms. The summed E-state index contributed by atoms with van der Waals surface area (Å²) < 4.78 is 6.83. The van der Waals surface area contributed by atoms with Gasteiger partial charge in [-0.25, -0.2) is 4.98 Å². The highest BCUT2D eigenvalue weighted by Gasteiger charge is 2.22. The number of aromatic nitrogens is 4. The van der Waals surface area contributed by atoms with E-state index in [9.17, 15) is 4.79 Å². The lowest BCUT2D eigenvalue weighted by Gasteiger charge is -2.17. The third kappa shape index (κ3) is 3.15. The van der Waals surface area contributed by atoms with Gasteiger partial charge >= 0.3 is 0 Å². The highest BCUT2D eigenvalue weighted by Crippen LogP contribution is 2.27. The minimum atomic E-state index is -0.110. The Morgan fingerprint density at radius 2 is 1.93 bits per heavy atom. The van der Waals surface area contributed by atoms with E-state index in [0.717, 1.165) is 28.1 Å². The van der Waals surface area contributed by atoms with Gasteiger partial charge in [-0.1, -0.05) is 35.5 Å². The molecule has 0 aliphatic carbocycles. The summed E-state index contributed by atoms with van der Waals surface area (Å²) in [4.78, 5) is 19.7. The Kier molecular flexibility index (Phi) is 4.43. The Bertz CT molecular complexity index is 1160. The number of hydrogen-bond donors (Lipinski definition) is 0. The van der Waals surface area contributed by atoms with Gasteiger partial charge in [0.2, 0.25) is 0 Å². The number of nitrogens with zero attached hydrogens (tertiary/aromatic N) is 5. The maximum absolute atomic E-state index is 13.3. The van der Waals surface area contributed by atoms with E-state index in [1.807, 2.05) is 63.4 Å². The van der Waals surface area contributed by atoms with Crippen molar-refractivity contribution in [3.05, 3.63) is 65.2 Å². The summed E-state index contributed by atoms with van der Waals surface area (Å²) in [5.74, 6) is 0.609. The monoisotopic (exact) mass is 375 g/mol. The quantitative estimate of drug-likeness (QED) is 0.545. The molecule has 0 fully saturated rings. The second kappa shape index (κ2) is 6.92. The molecule has 4 rings (SSSR count). The van der Waals surface area contributed by atoms with E-state index in [1.54, 1.807) is 16.6 Å². The predicted octanol–water partition coefficient (Wildman–Crippen LogP) is 3.51. The van der Waals surface area contributed by atoms with Gasteiger partial charge in [0.1, 0.15) is 11.5 Å². The third-order valence-electron chi connectivity index (χ3n) is 4.69. The molecule has 3 heterocycles. The molecule has 28 heavy (non-hydrogen) atoms. The number of rotatable bonds is 4. The summed E-state index contributed by atoms with van der Waals surface area (Å²) in [6, 6.07) is 13.5. The Labute approximate surface area is 162 Å². The van der Waals surface area contributed by atoms with Crippen LogP contribution in [0.4, 0.5) is 0 Å². The van der Waals surface area contributed by atoms with Gasteiger partial charge < -0.3 is 9.42 Å². The number of carbonyl (C=O) groups excluding carboxylic acids is 1. The Hall–Kier alpha value is -3.48. The number of benzene rings is 1. The van der Waals surface area contributed by atoms with Crippen LogP contribution in [-0.2, 0) is 13.6 Å². The molecular formula is C21H21N5O2. The van der Waals surface area contributed by atoms with Crippen LogP contribution in [0.25, 0.3) is 22.3 Å². The molecule has 142 valence electrons. The van der Waals surface area contributed by atoms with Crippen molar-refractivity contribution in [1.82, 2.24) is 24.8 Å². The number of carbonyl (C=O) groups is 1. The van der Waals surface area contributed by atoms with Crippen molar-refractivity contribution in [3.63, 3.8) is 0 Å². The van der Waals surface area contributed by atoms with Crippen LogP contribution in [0, 0.1) is 13.8 Å². The van der Waals surface area contributed by atoms with Gasteiger partial charge in [0.15, 0.2) is 5.65 Å². The molecule has 0 atom stereocenters. The number of hydrogen-bond acceptors (Lipinski definition) is 5. The lowest BCUT2D eigenvalue weighted by Crippen LogP contribution is -2.26. The average molecular weight is 375 g/mol. The Morgan fingerprint density at radius 1 is 1.18 bits per heavy atom. The van der Waals surface area contributed by atoms with Crippen molar-refractivity contribution >= 4 is 16.9 Å². The van der Waals surface area contributed by atoms with Crippen molar-refractivity contribution in [2.24, 2.45) is 7.05 Å². The first-order chi connectivity index (χ1) is 13.4. The predicted molar refractivity (Wildman–Crippen MR) is 106 cm³/mol. The van der Waals surface area contributed by atoms with E-state index in [2.05, 4.69) is 10.3 Å². The Balaban J connectivity index is 1.81. The van der Waals surface area contributed by atoms with Gasteiger partial charge in [0, 0.05) is 25.7 Å². The molecule has 0 aliphatic rings. The lowest BCUT2D eigenvalue weighted by atomic mass is 10.0. The summed E-state index contributed by atoms with van der Waals surface area (Å²) in [5.41, 5.74) is 4.45. The third-order valence-corrected chi connectivity index (χ3v) is 4.69. The van der Waals surface area contributed by atoms with Crippen LogP contribution in [0.5, 0.6) is 0 Å². The van der Waals surface area contributed by atoms with Gasteiger partial charge in [-0.15, -0.1) is 0 Å². The van der Waals surface area contributed by atoms with Crippen molar-refractivity contribution in [2.75, 3.05) is 7.05 Å². The van der Waals surface area contributed by atoms with Gasteiger partial charge in [0.05, 0.1) is 28.9 Å². The standard InChI is InChI=1S/C21H21N5O2/c1-13-10-16(24-28-13)12-25(3)21(27)17-11-18(15-8-6-5-7-9-15)22-20-19(17)14(2)23-26(20)4/h5-11H,12H2,1-4H3. The number of pyridine rings is 1. The SMILES string of the molecule is Cc1cc(CN(C)C(=O)c2cc(-c3ccccc3)nc3c2c(C)nn3C)no1. The van der Waals surface area contributed by atoms with Crippen LogP contribution >= 0.6 is 0 Å². The fourth-order valence-corrected chi connectivity index (χ4v) is 3.38. The molecule has 4 aromatic rings. The van der Waals surface area contributed by atoms with E-state index in [1.165, 1.54) is 0 Å². The second-order valence-corrected chi connectivity index (χ2v) is 6.92. The minimum absolute atomic E-state index is 0.110. The zero-order chi connectivity index (χ0) is 19.8.